The lowest BCUT2D eigenvalue weighted by Gasteiger charge is -2.30. The Bertz CT molecular complexity index is 1350. The summed E-state index contributed by atoms with van der Waals surface area (Å²) in [5.41, 5.74) is 5.22. The third-order valence-corrected chi connectivity index (χ3v) is 7.87. The second kappa shape index (κ2) is 10.2. The summed E-state index contributed by atoms with van der Waals surface area (Å²) in [7, 11) is 0. The molecule has 0 aromatic heterocycles. The van der Waals surface area contributed by atoms with E-state index in [4.69, 9.17) is 10.5 Å². The third kappa shape index (κ3) is 5.15. The molecule has 2 aromatic carbocycles. The number of ether oxygens (including phenoxy) is 1. The number of amides is 4. The minimum atomic E-state index is -4.90. The average molecular weight is 559 g/mol. The maximum Gasteiger partial charge on any atom is 0.418 e. The molecule has 9 nitrogen and oxygen atoms in total. The largest absolute Gasteiger partial charge is 0.427 e. The number of halogens is 3. The van der Waals surface area contributed by atoms with Crippen molar-refractivity contribution in [2.45, 2.75) is 63.0 Å². The highest BCUT2D eigenvalue weighted by atomic mass is 19.4. The van der Waals surface area contributed by atoms with E-state index in [0.29, 0.717) is 23.6 Å². The Morgan fingerprint density at radius 2 is 1.88 bits per heavy atom. The minimum Gasteiger partial charge on any atom is -0.427 e. The number of nitrogens with one attached hydrogen (secondary N) is 1. The molecule has 4 amide bonds. The van der Waals surface area contributed by atoms with Crippen LogP contribution in [-0.2, 0) is 37.7 Å². The lowest BCUT2D eigenvalue weighted by atomic mass is 9.94. The number of alkyl halides is 3. The van der Waals surface area contributed by atoms with Crippen LogP contribution in [0.4, 0.5) is 23.7 Å². The van der Waals surface area contributed by atoms with Crippen molar-refractivity contribution in [1.82, 2.24) is 9.80 Å². The zero-order chi connectivity index (χ0) is 28.8. The van der Waals surface area contributed by atoms with E-state index in [2.05, 4.69) is 5.32 Å². The Kier molecular flexibility index (Phi) is 7.07. The normalized spacial score (nSPS) is 21.7. The summed E-state index contributed by atoms with van der Waals surface area (Å²) < 4.78 is 43.9. The number of benzene rings is 2. The maximum absolute atomic E-state index is 13.6. The van der Waals surface area contributed by atoms with Gasteiger partial charge in [0.05, 0.1) is 0 Å². The fourth-order valence-electron chi connectivity index (χ4n) is 5.40. The monoisotopic (exact) mass is 558 g/mol. The van der Waals surface area contributed by atoms with E-state index in [-0.39, 0.29) is 30.5 Å². The predicted molar refractivity (Wildman–Crippen MR) is 136 cm³/mol. The van der Waals surface area contributed by atoms with Gasteiger partial charge < -0.3 is 20.7 Å². The molecule has 3 N–H and O–H groups in total. The van der Waals surface area contributed by atoms with Crippen molar-refractivity contribution in [3.05, 3.63) is 65.2 Å². The standard InChI is InChI=1S/C28H29F3N4O5/c1-16(18-7-8-18)34(14-17-5-3-2-4-6-17)22(36)15-35-25(38)27(40-26(35)39)12-11-19-13-20(9-10-21(19)27)33-24(37)23(32)28(29,30)31/h2-6,9-10,13,16,18,23H,7-8,11-12,14-15,32H2,1H3,(H,33,37)/t16-,23+,27?/m0/s1. The number of hydrogen-bond donors (Lipinski definition) is 2. The first-order chi connectivity index (χ1) is 18.9. The Morgan fingerprint density at radius 3 is 2.52 bits per heavy atom. The van der Waals surface area contributed by atoms with Crippen LogP contribution < -0.4 is 11.1 Å². The summed E-state index contributed by atoms with van der Waals surface area (Å²) in [6, 6.07) is 10.9. The first-order valence-corrected chi connectivity index (χ1v) is 13.1. The third-order valence-electron chi connectivity index (χ3n) is 7.87. The van der Waals surface area contributed by atoms with E-state index >= 15 is 0 Å². The van der Waals surface area contributed by atoms with Crippen LogP contribution >= 0.6 is 0 Å². The van der Waals surface area contributed by atoms with Gasteiger partial charge in [-0.15, -0.1) is 0 Å². The van der Waals surface area contributed by atoms with Crippen molar-refractivity contribution in [3.8, 4) is 0 Å². The van der Waals surface area contributed by atoms with Crippen molar-refractivity contribution in [1.29, 1.82) is 0 Å². The first-order valence-electron chi connectivity index (χ1n) is 13.1. The van der Waals surface area contributed by atoms with Crippen LogP contribution in [0.3, 0.4) is 0 Å². The van der Waals surface area contributed by atoms with Crippen LogP contribution in [0.1, 0.15) is 42.9 Å². The summed E-state index contributed by atoms with van der Waals surface area (Å²) in [5.74, 6) is -2.10. The summed E-state index contributed by atoms with van der Waals surface area (Å²) in [6.45, 7) is 1.84. The number of nitrogens with zero attached hydrogens (tertiary/aromatic N) is 2. The quantitative estimate of drug-likeness (QED) is 0.512. The van der Waals surface area contributed by atoms with Gasteiger partial charge in [0.2, 0.25) is 11.5 Å². The van der Waals surface area contributed by atoms with E-state index in [0.717, 1.165) is 23.3 Å². The summed E-state index contributed by atoms with van der Waals surface area (Å²) in [5, 5.41) is 2.13. The van der Waals surface area contributed by atoms with Gasteiger partial charge in [0.15, 0.2) is 6.04 Å². The lowest BCUT2D eigenvalue weighted by molar-refractivity contribution is -0.159. The van der Waals surface area contributed by atoms with Gasteiger partial charge in [-0.05, 0) is 55.4 Å². The molecule has 3 aliphatic rings. The number of fused-ring (bicyclic) bond motifs is 2. The highest BCUT2D eigenvalue weighted by molar-refractivity contribution is 6.06. The molecule has 1 heterocycles. The maximum atomic E-state index is 13.6. The van der Waals surface area contributed by atoms with Gasteiger partial charge in [0.1, 0.15) is 6.54 Å². The van der Waals surface area contributed by atoms with Crippen molar-refractivity contribution in [2.75, 3.05) is 11.9 Å². The van der Waals surface area contributed by atoms with Gasteiger partial charge in [0, 0.05) is 30.3 Å². The zero-order valence-electron chi connectivity index (χ0n) is 21.7. The molecule has 212 valence electrons. The number of carbonyl (C=O) groups is 4. The van der Waals surface area contributed by atoms with Crippen molar-refractivity contribution >= 4 is 29.5 Å². The molecule has 1 saturated heterocycles. The number of hydrogen-bond acceptors (Lipinski definition) is 6. The second-order valence-corrected chi connectivity index (χ2v) is 10.6. The molecule has 40 heavy (non-hydrogen) atoms. The SMILES string of the molecule is C[C@@H](C1CC1)N(Cc1ccccc1)C(=O)CN1C(=O)OC2(CCc3cc(NC(=O)[C@@H](N)C(F)(F)F)ccc32)C1=O. The Hall–Kier alpha value is -3.93. The Morgan fingerprint density at radius 1 is 1.18 bits per heavy atom. The van der Waals surface area contributed by atoms with Crippen LogP contribution in [0.5, 0.6) is 0 Å². The van der Waals surface area contributed by atoms with Crippen LogP contribution in [0.15, 0.2) is 48.5 Å². The highest BCUT2D eigenvalue weighted by Gasteiger charge is 2.58. The molecular formula is C28H29F3N4O5. The Balaban J connectivity index is 1.32. The van der Waals surface area contributed by atoms with Gasteiger partial charge in [-0.25, -0.2) is 9.69 Å². The molecule has 1 saturated carbocycles. The van der Waals surface area contributed by atoms with Crippen LogP contribution in [-0.4, -0.2) is 58.4 Å². The predicted octanol–water partition coefficient (Wildman–Crippen LogP) is 3.46. The molecule has 0 radical (unpaired) electrons. The highest BCUT2D eigenvalue weighted by Crippen LogP contribution is 2.46. The number of anilines is 1. The molecule has 2 aliphatic carbocycles. The van der Waals surface area contributed by atoms with Crippen molar-refractivity contribution in [2.24, 2.45) is 11.7 Å². The van der Waals surface area contributed by atoms with Crippen LogP contribution in [0, 0.1) is 5.92 Å². The molecule has 2 fully saturated rings. The fourth-order valence-corrected chi connectivity index (χ4v) is 5.40. The van der Waals surface area contributed by atoms with Gasteiger partial charge in [-0.1, -0.05) is 36.4 Å². The first kappa shape index (κ1) is 27.6. The van der Waals surface area contributed by atoms with E-state index in [9.17, 15) is 32.3 Å². The minimum absolute atomic E-state index is 0.0647. The van der Waals surface area contributed by atoms with Crippen LogP contribution in [0.2, 0.25) is 0 Å². The van der Waals surface area contributed by atoms with E-state index < -0.39 is 42.3 Å². The average Bonchev–Trinajstić information content (AvgIpc) is 3.67. The second-order valence-electron chi connectivity index (χ2n) is 10.6. The van der Waals surface area contributed by atoms with E-state index in [1.807, 2.05) is 37.3 Å². The van der Waals surface area contributed by atoms with Gasteiger partial charge in [0.25, 0.3) is 11.8 Å². The zero-order valence-corrected chi connectivity index (χ0v) is 21.7. The van der Waals surface area contributed by atoms with Crippen molar-refractivity contribution < 1.29 is 37.1 Å². The molecule has 1 unspecified atom stereocenters. The Labute approximate surface area is 228 Å². The number of nitrogens with two attached hydrogens (primary N) is 1. The topological polar surface area (TPSA) is 122 Å². The van der Waals surface area contributed by atoms with Gasteiger partial charge >= 0.3 is 12.3 Å². The van der Waals surface area contributed by atoms with E-state index in [1.54, 1.807) is 4.90 Å². The van der Waals surface area contributed by atoms with Crippen LogP contribution in [0.25, 0.3) is 0 Å². The van der Waals surface area contributed by atoms with Crippen molar-refractivity contribution in [3.63, 3.8) is 0 Å². The molecule has 1 aliphatic heterocycles. The summed E-state index contributed by atoms with van der Waals surface area (Å²) >= 11 is 0. The summed E-state index contributed by atoms with van der Waals surface area (Å²) in [6.07, 6.45) is -3.45. The molecule has 3 atom stereocenters. The van der Waals surface area contributed by atoms with Gasteiger partial charge in [-0.2, -0.15) is 13.2 Å². The molecule has 5 rings (SSSR count). The smallest absolute Gasteiger partial charge is 0.418 e. The lowest BCUT2D eigenvalue weighted by Crippen LogP contribution is -2.47. The fraction of sp³-hybridized carbons (Fsp3) is 0.429. The summed E-state index contributed by atoms with van der Waals surface area (Å²) in [4.78, 5) is 54.4. The van der Waals surface area contributed by atoms with E-state index in [1.165, 1.54) is 18.2 Å². The molecule has 1 spiro atoms. The molecule has 0 bridgehead atoms. The molecular weight excluding hydrogens is 529 g/mol. The number of aryl methyl sites for hydroxylation is 1. The number of imide groups is 1. The number of carbonyl (C=O) groups excluding carboxylic acids is 4. The molecule has 2 aromatic rings. The molecule has 12 heteroatoms. The number of rotatable bonds is 8. The van der Waals surface area contributed by atoms with Gasteiger partial charge in [-0.3, -0.25) is 14.4 Å².